The van der Waals surface area contributed by atoms with Gasteiger partial charge in [0, 0.05) is 5.56 Å². The maximum atomic E-state index is 13.2. The molecule has 0 spiro atoms. The van der Waals surface area contributed by atoms with E-state index in [1.165, 1.54) is 21.3 Å². The van der Waals surface area contributed by atoms with Gasteiger partial charge in [0.15, 0.2) is 11.5 Å². The highest BCUT2D eigenvalue weighted by Gasteiger charge is 2.22. The van der Waals surface area contributed by atoms with E-state index >= 15 is 0 Å². The Kier molecular flexibility index (Phi) is 7.63. The first-order chi connectivity index (χ1) is 17.5. The quantitative estimate of drug-likeness (QED) is 0.340. The Balaban J connectivity index is 1.57. The molecule has 36 heavy (non-hydrogen) atoms. The number of ether oxygens (including phenoxy) is 4. The zero-order valence-corrected chi connectivity index (χ0v) is 21.2. The van der Waals surface area contributed by atoms with E-state index in [-0.39, 0.29) is 11.9 Å². The summed E-state index contributed by atoms with van der Waals surface area (Å²) < 4.78 is 24.3. The first-order valence-electron chi connectivity index (χ1n) is 11.7. The van der Waals surface area contributed by atoms with Gasteiger partial charge < -0.3 is 28.8 Å². The molecule has 0 aliphatic heterocycles. The van der Waals surface area contributed by atoms with E-state index in [1.54, 1.807) is 12.1 Å². The van der Waals surface area contributed by atoms with Crippen molar-refractivity contribution in [1.29, 1.82) is 0 Å². The second-order valence-electron chi connectivity index (χ2n) is 8.33. The molecule has 0 radical (unpaired) electrons. The Morgan fingerprint density at radius 2 is 1.61 bits per heavy atom. The fourth-order valence-electron chi connectivity index (χ4n) is 4.18. The van der Waals surface area contributed by atoms with E-state index < -0.39 is 0 Å². The minimum Gasteiger partial charge on any atom is -0.493 e. The molecular weight excluding hydrogens is 458 g/mol. The molecule has 1 unspecified atom stereocenters. The Hall–Kier alpha value is -4.20. The van der Waals surface area contributed by atoms with Crippen LogP contribution in [0.4, 0.5) is 0 Å². The number of amides is 1. The van der Waals surface area contributed by atoms with Gasteiger partial charge in [0.25, 0.3) is 5.91 Å². The third kappa shape index (κ3) is 5.07. The fourth-order valence-corrected chi connectivity index (χ4v) is 4.18. The number of carbonyl (C=O) groups excluding carboxylic acids is 1. The fraction of sp³-hybridized carbons (Fsp3) is 0.286. The number of methoxy groups -OCH3 is 3. The summed E-state index contributed by atoms with van der Waals surface area (Å²) in [4.78, 5) is 18.0. The number of nitrogens with one attached hydrogen (secondary N) is 1. The summed E-state index contributed by atoms with van der Waals surface area (Å²) >= 11 is 0. The van der Waals surface area contributed by atoms with Crippen molar-refractivity contribution in [3.8, 4) is 23.0 Å². The number of fused-ring (bicyclic) bond motifs is 1. The summed E-state index contributed by atoms with van der Waals surface area (Å²) in [7, 11) is 4.56. The number of para-hydroxylation sites is 3. The average Bonchev–Trinajstić information content (AvgIpc) is 3.27. The van der Waals surface area contributed by atoms with Crippen LogP contribution >= 0.6 is 0 Å². The summed E-state index contributed by atoms with van der Waals surface area (Å²) in [6.45, 7) is 4.98. The normalized spacial score (nSPS) is 11.7. The lowest BCUT2D eigenvalue weighted by atomic mass is 10.1. The van der Waals surface area contributed by atoms with E-state index in [1.807, 2.05) is 62.4 Å². The molecular formula is C28H31N3O5. The molecule has 0 saturated heterocycles. The van der Waals surface area contributed by atoms with Crippen molar-refractivity contribution in [2.24, 2.45) is 0 Å². The van der Waals surface area contributed by atoms with Crippen molar-refractivity contribution in [3.05, 3.63) is 77.6 Å². The van der Waals surface area contributed by atoms with Crippen LogP contribution in [0.5, 0.6) is 23.0 Å². The Bertz CT molecular complexity index is 1340. The van der Waals surface area contributed by atoms with Crippen molar-refractivity contribution in [3.63, 3.8) is 0 Å². The van der Waals surface area contributed by atoms with Gasteiger partial charge in [0.05, 0.1) is 44.9 Å². The molecule has 0 fully saturated rings. The first kappa shape index (κ1) is 24.9. The first-order valence-corrected chi connectivity index (χ1v) is 11.7. The number of carbonyl (C=O) groups is 1. The smallest absolute Gasteiger partial charge is 0.252 e. The highest BCUT2D eigenvalue weighted by Crippen LogP contribution is 2.38. The topological polar surface area (TPSA) is 83.8 Å². The van der Waals surface area contributed by atoms with Gasteiger partial charge in [0.1, 0.15) is 18.2 Å². The van der Waals surface area contributed by atoms with Gasteiger partial charge in [0.2, 0.25) is 5.75 Å². The second-order valence-corrected chi connectivity index (χ2v) is 8.33. The molecule has 1 N–H and O–H groups in total. The van der Waals surface area contributed by atoms with Crippen LogP contribution in [0, 0.1) is 6.92 Å². The lowest BCUT2D eigenvalue weighted by molar-refractivity contribution is 0.0936. The van der Waals surface area contributed by atoms with Gasteiger partial charge in [-0.1, -0.05) is 30.3 Å². The van der Waals surface area contributed by atoms with Gasteiger partial charge in [-0.2, -0.15) is 0 Å². The molecule has 3 aromatic carbocycles. The summed E-state index contributed by atoms with van der Waals surface area (Å²) in [5.74, 6) is 2.57. The van der Waals surface area contributed by atoms with Crippen LogP contribution in [0.25, 0.3) is 11.0 Å². The van der Waals surface area contributed by atoms with Gasteiger partial charge in [-0.25, -0.2) is 4.98 Å². The molecule has 4 aromatic rings. The van der Waals surface area contributed by atoms with Crippen molar-refractivity contribution in [2.75, 3.05) is 27.9 Å². The van der Waals surface area contributed by atoms with Gasteiger partial charge in [-0.05, 0) is 49.7 Å². The SMILES string of the molecule is COc1cc(C(=O)NC(C)c2nc3ccccc3n2CCOc2ccccc2C)cc(OC)c1OC. The third-order valence-electron chi connectivity index (χ3n) is 6.01. The van der Waals surface area contributed by atoms with Crippen LogP contribution in [0.15, 0.2) is 60.7 Å². The Morgan fingerprint density at radius 3 is 2.28 bits per heavy atom. The number of hydrogen-bond donors (Lipinski definition) is 1. The van der Waals surface area contributed by atoms with Crippen LogP contribution < -0.4 is 24.3 Å². The lowest BCUT2D eigenvalue weighted by Gasteiger charge is -2.18. The maximum absolute atomic E-state index is 13.2. The third-order valence-corrected chi connectivity index (χ3v) is 6.01. The van der Waals surface area contributed by atoms with Gasteiger partial charge >= 0.3 is 0 Å². The van der Waals surface area contributed by atoms with Gasteiger partial charge in [-0.3, -0.25) is 4.79 Å². The number of aromatic nitrogens is 2. The minimum absolute atomic E-state index is 0.281. The Labute approximate surface area is 210 Å². The largest absolute Gasteiger partial charge is 0.493 e. The number of rotatable bonds is 10. The average molecular weight is 490 g/mol. The summed E-state index contributed by atoms with van der Waals surface area (Å²) in [6.07, 6.45) is 0. The molecule has 0 saturated carbocycles. The molecule has 1 atom stereocenters. The zero-order chi connectivity index (χ0) is 25.7. The maximum Gasteiger partial charge on any atom is 0.252 e. The summed E-state index contributed by atoms with van der Waals surface area (Å²) in [5, 5.41) is 3.06. The summed E-state index contributed by atoms with van der Waals surface area (Å²) in [6, 6.07) is 18.7. The second kappa shape index (κ2) is 11.0. The van der Waals surface area contributed by atoms with Crippen molar-refractivity contribution < 1.29 is 23.7 Å². The number of hydrogen-bond acceptors (Lipinski definition) is 6. The number of imidazole rings is 1. The monoisotopic (exact) mass is 489 g/mol. The number of benzene rings is 3. The molecule has 1 aromatic heterocycles. The highest BCUT2D eigenvalue weighted by molar-refractivity contribution is 5.96. The molecule has 8 nitrogen and oxygen atoms in total. The van der Waals surface area contributed by atoms with E-state index in [9.17, 15) is 4.79 Å². The highest BCUT2D eigenvalue weighted by atomic mass is 16.5. The molecule has 0 aliphatic carbocycles. The molecule has 188 valence electrons. The van der Waals surface area contributed by atoms with Crippen LogP contribution in [0.3, 0.4) is 0 Å². The van der Waals surface area contributed by atoms with Crippen LogP contribution in [-0.4, -0.2) is 43.4 Å². The van der Waals surface area contributed by atoms with Gasteiger partial charge in [-0.15, -0.1) is 0 Å². The van der Waals surface area contributed by atoms with Crippen LogP contribution in [0.2, 0.25) is 0 Å². The van der Waals surface area contributed by atoms with Crippen LogP contribution in [0.1, 0.15) is 34.7 Å². The molecule has 4 rings (SSSR count). The molecule has 8 heteroatoms. The number of nitrogens with zero attached hydrogens (tertiary/aromatic N) is 2. The molecule has 1 amide bonds. The predicted octanol–water partition coefficient (Wildman–Crippen LogP) is 4.94. The van der Waals surface area contributed by atoms with E-state index in [4.69, 9.17) is 23.9 Å². The molecule has 0 aliphatic rings. The molecule has 1 heterocycles. The van der Waals surface area contributed by atoms with E-state index in [0.29, 0.717) is 36.0 Å². The van der Waals surface area contributed by atoms with Crippen molar-refractivity contribution >= 4 is 16.9 Å². The van der Waals surface area contributed by atoms with E-state index in [2.05, 4.69) is 9.88 Å². The number of aryl methyl sites for hydroxylation is 1. The van der Waals surface area contributed by atoms with Crippen molar-refractivity contribution in [1.82, 2.24) is 14.9 Å². The predicted molar refractivity (Wildman–Crippen MR) is 138 cm³/mol. The molecule has 0 bridgehead atoms. The lowest BCUT2D eigenvalue weighted by Crippen LogP contribution is -2.29. The minimum atomic E-state index is -0.373. The van der Waals surface area contributed by atoms with E-state index in [0.717, 1.165) is 28.2 Å². The standard InChI is InChI=1S/C28H31N3O5/c1-18-10-6-9-13-23(18)36-15-14-31-22-12-8-7-11-21(22)30-27(31)19(2)29-28(32)20-16-24(33-3)26(35-5)25(17-20)34-4/h6-13,16-17,19H,14-15H2,1-5H3,(H,29,32). The van der Waals surface area contributed by atoms with Crippen LogP contribution in [-0.2, 0) is 6.54 Å². The summed E-state index contributed by atoms with van der Waals surface area (Å²) in [5.41, 5.74) is 3.31. The van der Waals surface area contributed by atoms with Crippen molar-refractivity contribution in [2.45, 2.75) is 26.4 Å². The Morgan fingerprint density at radius 1 is 0.944 bits per heavy atom. The zero-order valence-electron chi connectivity index (χ0n) is 21.2.